The molecule has 2 N–H and O–H groups in total. The third kappa shape index (κ3) is 3.92. The van der Waals surface area contributed by atoms with Crippen molar-refractivity contribution in [3.05, 3.63) is 46.7 Å². The highest BCUT2D eigenvalue weighted by Crippen LogP contribution is 2.27. The Bertz CT molecular complexity index is 536. The fourth-order valence-electron chi connectivity index (χ4n) is 2.03. The molecule has 2 rings (SSSR count). The van der Waals surface area contributed by atoms with Gasteiger partial charge in [-0.25, -0.2) is 0 Å². The number of amides is 1. The van der Waals surface area contributed by atoms with Gasteiger partial charge in [0.2, 0.25) is 0 Å². The minimum absolute atomic E-state index is 0.0112. The Balaban J connectivity index is 1.96. The molecule has 0 bridgehead atoms. The fourth-order valence-corrected chi connectivity index (χ4v) is 2.86. The lowest BCUT2D eigenvalue weighted by Gasteiger charge is -2.06. The zero-order valence-electron chi connectivity index (χ0n) is 11.3. The number of aliphatic hydroxyl groups is 1. The van der Waals surface area contributed by atoms with Crippen LogP contribution < -0.4 is 5.32 Å². The van der Waals surface area contributed by atoms with E-state index in [9.17, 15) is 4.79 Å². The van der Waals surface area contributed by atoms with Gasteiger partial charge in [0.25, 0.3) is 5.91 Å². The van der Waals surface area contributed by atoms with Gasteiger partial charge in [-0.15, -0.1) is 11.3 Å². The maximum absolute atomic E-state index is 12.2. The first kappa shape index (κ1) is 14.8. The summed E-state index contributed by atoms with van der Waals surface area (Å²) in [6.45, 7) is 0.877. The summed E-state index contributed by atoms with van der Waals surface area (Å²) in [5.74, 6) is -0.0112. The normalized spacial score (nSPS) is 10.4. The molecule has 0 spiro atoms. The molecule has 20 heavy (non-hydrogen) atoms. The second kappa shape index (κ2) is 7.82. The molecule has 0 aliphatic heterocycles. The topological polar surface area (TPSA) is 49.3 Å². The van der Waals surface area contributed by atoms with Gasteiger partial charge < -0.3 is 10.4 Å². The number of benzene rings is 1. The summed E-state index contributed by atoms with van der Waals surface area (Å²) in [6.07, 6.45) is 2.63. The molecule has 1 heterocycles. The average molecular weight is 289 g/mol. The van der Waals surface area contributed by atoms with Gasteiger partial charge in [-0.2, -0.15) is 0 Å². The molecule has 0 saturated carbocycles. The predicted octanol–water partition coefficient (Wildman–Crippen LogP) is 3.31. The highest BCUT2D eigenvalue weighted by atomic mass is 32.1. The lowest BCUT2D eigenvalue weighted by atomic mass is 10.1. The Hall–Kier alpha value is -1.65. The second-order valence-electron chi connectivity index (χ2n) is 4.57. The van der Waals surface area contributed by atoms with Gasteiger partial charge in [0.15, 0.2) is 0 Å². The van der Waals surface area contributed by atoms with E-state index in [0.717, 1.165) is 35.3 Å². The molecule has 0 aliphatic carbocycles. The summed E-state index contributed by atoms with van der Waals surface area (Å²) in [5, 5.41) is 13.6. The number of hydrogen-bond acceptors (Lipinski definition) is 3. The van der Waals surface area contributed by atoms with Crippen LogP contribution in [0.15, 0.2) is 41.8 Å². The van der Waals surface area contributed by atoms with Crippen molar-refractivity contribution >= 4 is 17.2 Å². The summed E-state index contributed by atoms with van der Waals surface area (Å²) in [4.78, 5) is 12.9. The van der Waals surface area contributed by atoms with Crippen LogP contribution in [0.3, 0.4) is 0 Å². The number of thiophene rings is 1. The zero-order chi connectivity index (χ0) is 14.2. The molecule has 1 aromatic carbocycles. The quantitative estimate of drug-likeness (QED) is 0.768. The van der Waals surface area contributed by atoms with Gasteiger partial charge in [-0.3, -0.25) is 4.79 Å². The SMILES string of the molecule is O=C(NCCCCCO)c1sccc1-c1ccccc1. The molecule has 0 fully saturated rings. The molecule has 1 aromatic heterocycles. The molecular weight excluding hydrogens is 270 g/mol. The minimum Gasteiger partial charge on any atom is -0.396 e. The Kier molecular flexibility index (Phi) is 5.77. The molecule has 2 aromatic rings. The monoisotopic (exact) mass is 289 g/mol. The molecule has 0 radical (unpaired) electrons. The molecule has 3 nitrogen and oxygen atoms in total. The number of hydrogen-bond donors (Lipinski definition) is 2. The van der Waals surface area contributed by atoms with E-state index < -0.39 is 0 Å². The third-order valence-electron chi connectivity index (χ3n) is 3.08. The largest absolute Gasteiger partial charge is 0.396 e. The summed E-state index contributed by atoms with van der Waals surface area (Å²) < 4.78 is 0. The van der Waals surface area contributed by atoms with Crippen LogP contribution in [0.25, 0.3) is 11.1 Å². The van der Waals surface area contributed by atoms with Crippen LogP contribution in [-0.2, 0) is 0 Å². The second-order valence-corrected chi connectivity index (χ2v) is 5.49. The van der Waals surface area contributed by atoms with Crippen LogP contribution in [0.1, 0.15) is 28.9 Å². The molecule has 0 unspecified atom stereocenters. The van der Waals surface area contributed by atoms with E-state index >= 15 is 0 Å². The molecular formula is C16H19NO2S. The van der Waals surface area contributed by atoms with Crippen LogP contribution in [-0.4, -0.2) is 24.2 Å². The maximum Gasteiger partial charge on any atom is 0.261 e. The van der Waals surface area contributed by atoms with E-state index in [0.29, 0.717) is 6.54 Å². The molecule has 106 valence electrons. The van der Waals surface area contributed by atoms with Crippen LogP contribution in [0.4, 0.5) is 0 Å². The summed E-state index contributed by atoms with van der Waals surface area (Å²) in [5.41, 5.74) is 2.06. The Morgan fingerprint density at radius 1 is 1.10 bits per heavy atom. The smallest absolute Gasteiger partial charge is 0.261 e. The van der Waals surface area contributed by atoms with E-state index in [1.807, 2.05) is 41.8 Å². The van der Waals surface area contributed by atoms with Crippen molar-refractivity contribution in [2.45, 2.75) is 19.3 Å². The molecule has 4 heteroatoms. The van der Waals surface area contributed by atoms with E-state index in [4.69, 9.17) is 5.11 Å². The minimum atomic E-state index is -0.0112. The van der Waals surface area contributed by atoms with E-state index in [-0.39, 0.29) is 12.5 Å². The number of nitrogens with one attached hydrogen (secondary N) is 1. The Labute approximate surface area is 123 Å². The molecule has 0 aliphatic rings. The van der Waals surface area contributed by atoms with Crippen molar-refractivity contribution < 1.29 is 9.90 Å². The van der Waals surface area contributed by atoms with Crippen molar-refractivity contribution in [3.8, 4) is 11.1 Å². The number of carbonyl (C=O) groups excluding carboxylic acids is 1. The lowest BCUT2D eigenvalue weighted by molar-refractivity contribution is 0.0957. The van der Waals surface area contributed by atoms with Crippen molar-refractivity contribution in [3.63, 3.8) is 0 Å². The summed E-state index contributed by atoms with van der Waals surface area (Å²) in [7, 11) is 0. The van der Waals surface area contributed by atoms with Gasteiger partial charge in [-0.1, -0.05) is 30.3 Å². The maximum atomic E-state index is 12.2. The number of aliphatic hydroxyl groups excluding tert-OH is 1. The Morgan fingerprint density at radius 2 is 1.90 bits per heavy atom. The molecule has 0 saturated heterocycles. The zero-order valence-corrected chi connectivity index (χ0v) is 12.2. The van der Waals surface area contributed by atoms with Crippen molar-refractivity contribution in [2.75, 3.05) is 13.2 Å². The fraction of sp³-hybridized carbons (Fsp3) is 0.312. The van der Waals surface area contributed by atoms with Crippen molar-refractivity contribution in [1.82, 2.24) is 5.32 Å². The van der Waals surface area contributed by atoms with E-state index in [2.05, 4.69) is 5.32 Å². The van der Waals surface area contributed by atoms with Crippen LogP contribution >= 0.6 is 11.3 Å². The van der Waals surface area contributed by atoms with Crippen LogP contribution in [0.2, 0.25) is 0 Å². The first-order valence-electron chi connectivity index (χ1n) is 6.85. The van der Waals surface area contributed by atoms with Gasteiger partial charge in [0.05, 0.1) is 4.88 Å². The van der Waals surface area contributed by atoms with Gasteiger partial charge in [-0.05, 0) is 36.3 Å². The van der Waals surface area contributed by atoms with E-state index in [1.165, 1.54) is 11.3 Å². The molecule has 1 amide bonds. The predicted molar refractivity (Wildman–Crippen MR) is 83.0 cm³/mol. The highest BCUT2D eigenvalue weighted by Gasteiger charge is 2.13. The highest BCUT2D eigenvalue weighted by molar-refractivity contribution is 7.12. The first-order chi connectivity index (χ1) is 9.83. The third-order valence-corrected chi connectivity index (χ3v) is 3.99. The average Bonchev–Trinajstić information content (AvgIpc) is 2.97. The number of carbonyl (C=O) groups is 1. The first-order valence-corrected chi connectivity index (χ1v) is 7.73. The van der Waals surface area contributed by atoms with Gasteiger partial charge in [0.1, 0.15) is 0 Å². The number of unbranched alkanes of at least 4 members (excludes halogenated alkanes) is 2. The summed E-state index contributed by atoms with van der Waals surface area (Å²) in [6, 6.07) is 11.9. The van der Waals surface area contributed by atoms with Gasteiger partial charge >= 0.3 is 0 Å². The van der Waals surface area contributed by atoms with Crippen LogP contribution in [0.5, 0.6) is 0 Å². The number of rotatable bonds is 7. The lowest BCUT2D eigenvalue weighted by Crippen LogP contribution is -2.24. The van der Waals surface area contributed by atoms with Crippen molar-refractivity contribution in [1.29, 1.82) is 0 Å². The summed E-state index contributed by atoms with van der Waals surface area (Å²) >= 11 is 1.47. The van der Waals surface area contributed by atoms with Gasteiger partial charge in [0, 0.05) is 18.7 Å². The van der Waals surface area contributed by atoms with E-state index in [1.54, 1.807) is 0 Å². The van der Waals surface area contributed by atoms with Crippen LogP contribution in [0, 0.1) is 0 Å². The van der Waals surface area contributed by atoms with Crippen molar-refractivity contribution in [2.24, 2.45) is 0 Å². The standard InChI is InChI=1S/C16H19NO2S/c18-11-6-2-5-10-17-16(19)15-14(9-12-20-15)13-7-3-1-4-8-13/h1,3-4,7-9,12,18H,2,5-6,10-11H2,(H,17,19). The Morgan fingerprint density at radius 3 is 2.65 bits per heavy atom. The molecule has 0 atom stereocenters.